The molecule has 0 saturated heterocycles. The molecule has 1 aromatic carbocycles. The molecular weight excluding hydrogens is 334 g/mol. The van der Waals surface area contributed by atoms with Crippen LogP contribution >= 0.6 is 0 Å². The molecule has 3 nitrogen and oxygen atoms in total. The van der Waals surface area contributed by atoms with Gasteiger partial charge in [-0.05, 0) is 69.7 Å². The molecule has 3 heteroatoms. The topological polar surface area (TPSA) is 38.3 Å². The largest absolute Gasteiger partial charge is 0.462 e. The van der Waals surface area contributed by atoms with Gasteiger partial charge in [0.25, 0.3) is 0 Å². The molecule has 1 N–H and O–H groups in total. The average molecular weight is 372 g/mol. The van der Waals surface area contributed by atoms with E-state index in [1.807, 2.05) is 25.1 Å². The molecule has 27 heavy (non-hydrogen) atoms. The van der Waals surface area contributed by atoms with Crippen molar-refractivity contribution in [2.45, 2.75) is 71.1 Å². The van der Waals surface area contributed by atoms with E-state index in [-0.39, 0.29) is 5.97 Å². The van der Waals surface area contributed by atoms with Gasteiger partial charge in [0, 0.05) is 12.2 Å². The Bertz CT molecular complexity index is 534. The zero-order valence-electron chi connectivity index (χ0n) is 17.1. The molecule has 0 radical (unpaired) electrons. The lowest BCUT2D eigenvalue weighted by molar-refractivity contribution is 0.0526. The molecule has 0 saturated carbocycles. The Morgan fingerprint density at radius 2 is 1.52 bits per heavy atom. The second-order valence-electron chi connectivity index (χ2n) is 6.83. The number of nitrogens with one attached hydrogen (secondary N) is 1. The highest BCUT2D eigenvalue weighted by atomic mass is 16.5. The number of carbonyl (C=O) groups excluding carboxylic acids is 1. The van der Waals surface area contributed by atoms with Crippen LogP contribution in [0.1, 0.15) is 81.5 Å². The molecule has 0 aliphatic heterocycles. The molecule has 150 valence electrons. The van der Waals surface area contributed by atoms with Gasteiger partial charge in [0.15, 0.2) is 0 Å². The maximum absolute atomic E-state index is 11.6. The summed E-state index contributed by atoms with van der Waals surface area (Å²) in [6, 6.07) is 7.47. The quantitative estimate of drug-likeness (QED) is 0.195. The lowest BCUT2D eigenvalue weighted by atomic mass is 10.1. The number of anilines is 1. The Balaban J connectivity index is 1.98. The van der Waals surface area contributed by atoms with Crippen molar-refractivity contribution in [2.75, 3.05) is 18.5 Å². The van der Waals surface area contributed by atoms with Gasteiger partial charge in [-0.3, -0.25) is 0 Å². The molecule has 0 spiro atoms. The van der Waals surface area contributed by atoms with Gasteiger partial charge in [0.05, 0.1) is 12.2 Å². The van der Waals surface area contributed by atoms with Gasteiger partial charge in [0.2, 0.25) is 0 Å². The van der Waals surface area contributed by atoms with Crippen LogP contribution in [0, 0.1) is 0 Å². The minimum atomic E-state index is -0.262. The van der Waals surface area contributed by atoms with Crippen LogP contribution in [0.25, 0.3) is 0 Å². The van der Waals surface area contributed by atoms with Crippen molar-refractivity contribution in [3.05, 3.63) is 54.6 Å². The van der Waals surface area contributed by atoms with E-state index < -0.39 is 0 Å². The maximum atomic E-state index is 11.6. The summed E-state index contributed by atoms with van der Waals surface area (Å²) in [5.74, 6) is -0.262. The Hall–Kier alpha value is -2.03. The van der Waals surface area contributed by atoms with Gasteiger partial charge in [0.1, 0.15) is 0 Å². The van der Waals surface area contributed by atoms with Crippen LogP contribution in [-0.2, 0) is 4.74 Å². The van der Waals surface area contributed by atoms with E-state index in [0.717, 1.165) is 31.5 Å². The predicted octanol–water partition coefficient (Wildman–Crippen LogP) is 6.92. The van der Waals surface area contributed by atoms with E-state index in [0.29, 0.717) is 12.2 Å². The smallest absolute Gasteiger partial charge is 0.338 e. The Labute approximate surface area is 165 Å². The van der Waals surface area contributed by atoms with Crippen LogP contribution < -0.4 is 5.32 Å². The minimum Gasteiger partial charge on any atom is -0.462 e. The predicted molar refractivity (Wildman–Crippen MR) is 116 cm³/mol. The zero-order valence-corrected chi connectivity index (χ0v) is 17.1. The second kappa shape index (κ2) is 16.2. The monoisotopic (exact) mass is 371 g/mol. The molecular formula is C24H37NO2. The molecule has 0 amide bonds. The summed E-state index contributed by atoms with van der Waals surface area (Å²) in [5.41, 5.74) is 1.64. The van der Waals surface area contributed by atoms with Gasteiger partial charge < -0.3 is 10.1 Å². The van der Waals surface area contributed by atoms with Gasteiger partial charge in [-0.1, -0.05) is 43.9 Å². The molecule has 1 aromatic rings. The minimum absolute atomic E-state index is 0.262. The van der Waals surface area contributed by atoms with E-state index >= 15 is 0 Å². The third-order valence-electron chi connectivity index (χ3n) is 4.47. The summed E-state index contributed by atoms with van der Waals surface area (Å²) < 4.78 is 4.98. The number of carbonyl (C=O) groups is 1. The van der Waals surface area contributed by atoms with Crippen LogP contribution in [0.4, 0.5) is 5.69 Å². The molecule has 0 bridgehead atoms. The van der Waals surface area contributed by atoms with Crippen LogP contribution in [0.5, 0.6) is 0 Å². The Morgan fingerprint density at radius 1 is 0.926 bits per heavy atom. The van der Waals surface area contributed by atoms with E-state index in [1.165, 1.54) is 44.9 Å². The average Bonchev–Trinajstić information content (AvgIpc) is 2.69. The number of hydrogen-bond donors (Lipinski definition) is 1. The number of benzene rings is 1. The zero-order chi connectivity index (χ0) is 19.6. The molecule has 0 aliphatic carbocycles. The third kappa shape index (κ3) is 12.1. The van der Waals surface area contributed by atoms with Crippen molar-refractivity contribution >= 4 is 11.7 Å². The number of hydrogen-bond acceptors (Lipinski definition) is 3. The van der Waals surface area contributed by atoms with Crippen molar-refractivity contribution in [1.29, 1.82) is 0 Å². The molecule has 0 aliphatic rings. The number of esters is 1. The molecule has 0 fully saturated rings. The van der Waals surface area contributed by atoms with Crippen molar-refractivity contribution in [1.82, 2.24) is 0 Å². The summed E-state index contributed by atoms with van der Waals surface area (Å²) >= 11 is 0. The summed E-state index contributed by atoms with van der Waals surface area (Å²) in [7, 11) is 0. The molecule has 0 aromatic heterocycles. The summed E-state index contributed by atoms with van der Waals surface area (Å²) in [4.78, 5) is 11.6. The fraction of sp³-hybridized carbons (Fsp3) is 0.542. The third-order valence-corrected chi connectivity index (χ3v) is 4.47. The number of ether oxygens (including phenoxy) is 1. The fourth-order valence-electron chi connectivity index (χ4n) is 2.88. The molecule has 0 heterocycles. The first-order valence-corrected chi connectivity index (χ1v) is 10.5. The van der Waals surface area contributed by atoms with Gasteiger partial charge in [-0.15, -0.1) is 6.58 Å². The van der Waals surface area contributed by atoms with Crippen molar-refractivity contribution in [3.8, 4) is 0 Å². The lowest BCUT2D eigenvalue weighted by Gasteiger charge is -2.06. The lowest BCUT2D eigenvalue weighted by Crippen LogP contribution is -2.05. The first-order valence-electron chi connectivity index (χ1n) is 10.5. The maximum Gasteiger partial charge on any atom is 0.338 e. The van der Waals surface area contributed by atoms with Gasteiger partial charge >= 0.3 is 5.97 Å². The number of allylic oxidation sites excluding steroid dienone is 3. The SMILES string of the molecule is C=CCCCCCCCC/C=C/CCCNc1ccc(C(=O)OCC)cc1. The van der Waals surface area contributed by atoms with Crippen molar-refractivity contribution < 1.29 is 9.53 Å². The summed E-state index contributed by atoms with van der Waals surface area (Å²) in [6.45, 7) is 6.92. The van der Waals surface area contributed by atoms with E-state index in [9.17, 15) is 4.79 Å². The molecule has 0 unspecified atom stereocenters. The Morgan fingerprint density at radius 3 is 2.15 bits per heavy atom. The highest BCUT2D eigenvalue weighted by Gasteiger charge is 2.04. The summed E-state index contributed by atoms with van der Waals surface area (Å²) in [6.07, 6.45) is 19.3. The van der Waals surface area contributed by atoms with Crippen LogP contribution in [0.3, 0.4) is 0 Å². The highest BCUT2D eigenvalue weighted by Crippen LogP contribution is 2.11. The van der Waals surface area contributed by atoms with Crippen molar-refractivity contribution in [3.63, 3.8) is 0 Å². The summed E-state index contributed by atoms with van der Waals surface area (Å²) in [5, 5.41) is 3.39. The van der Waals surface area contributed by atoms with Gasteiger partial charge in [-0.25, -0.2) is 4.79 Å². The standard InChI is InChI=1S/C24H37NO2/c1-3-5-6-7-8-9-10-11-12-13-14-15-16-21-25-23-19-17-22(18-20-23)24(26)27-4-2/h3,13-14,17-20,25H,1,4-12,15-16,21H2,2H3/b14-13+. The number of unbranched alkanes of at least 4 members (excludes halogenated alkanes) is 8. The van der Waals surface area contributed by atoms with Crippen LogP contribution in [-0.4, -0.2) is 19.1 Å². The van der Waals surface area contributed by atoms with Gasteiger partial charge in [-0.2, -0.15) is 0 Å². The number of rotatable bonds is 16. The van der Waals surface area contributed by atoms with Crippen LogP contribution in [0.15, 0.2) is 49.1 Å². The van der Waals surface area contributed by atoms with E-state index in [4.69, 9.17) is 4.74 Å². The first kappa shape index (κ1) is 23.0. The van der Waals surface area contributed by atoms with Crippen LogP contribution in [0.2, 0.25) is 0 Å². The van der Waals surface area contributed by atoms with Crippen molar-refractivity contribution in [2.24, 2.45) is 0 Å². The van der Waals surface area contributed by atoms with E-state index in [2.05, 4.69) is 24.0 Å². The fourth-order valence-corrected chi connectivity index (χ4v) is 2.88. The van der Waals surface area contributed by atoms with E-state index in [1.54, 1.807) is 12.1 Å². The normalized spacial score (nSPS) is 10.9. The molecule has 1 rings (SSSR count). The second-order valence-corrected chi connectivity index (χ2v) is 6.83. The first-order chi connectivity index (χ1) is 13.3. The molecule has 0 atom stereocenters. The Kier molecular flexibility index (Phi) is 13.8. The highest BCUT2D eigenvalue weighted by molar-refractivity contribution is 5.89.